The monoisotopic (exact) mass is 290 g/mol. The maximum Gasteiger partial charge on any atom is 0.191 e. The molecule has 0 spiro atoms. The van der Waals surface area contributed by atoms with Crippen LogP contribution in [0.1, 0.15) is 27.7 Å². The molecular formula is C14H15ClN4O. The Kier molecular flexibility index (Phi) is 10.6. The van der Waals surface area contributed by atoms with Gasteiger partial charge in [-0.2, -0.15) is 21.0 Å². The van der Waals surface area contributed by atoms with Crippen molar-refractivity contribution in [2.24, 2.45) is 17.8 Å². The summed E-state index contributed by atoms with van der Waals surface area (Å²) >= 11 is 5.62. The van der Waals surface area contributed by atoms with Gasteiger partial charge in [0.2, 0.25) is 0 Å². The second-order valence-corrected chi connectivity index (χ2v) is 4.76. The van der Waals surface area contributed by atoms with E-state index in [1.807, 2.05) is 13.8 Å². The minimum absolute atomic E-state index is 0.0108. The third-order valence-electron chi connectivity index (χ3n) is 2.08. The Balaban J connectivity index is 0. The van der Waals surface area contributed by atoms with E-state index in [1.165, 1.54) is 0 Å². The standard InChI is InChI=1S/C7H7ClN2.C7H8N2O/c1-5(2)7(8)6(3-9)4-10;1-5(2)7(10)6(3-8)4-9/h5H,1-2H3;5-6H,1-2H3. The molecule has 0 aromatic carbocycles. The molecule has 0 heterocycles. The highest BCUT2D eigenvalue weighted by Crippen LogP contribution is 2.17. The number of hydrogen-bond acceptors (Lipinski definition) is 5. The number of Topliss-reactive ketones (excluding diaryl/α,β-unsaturated/α-hetero) is 1. The predicted octanol–water partition coefficient (Wildman–Crippen LogP) is 3.06. The van der Waals surface area contributed by atoms with Crippen LogP contribution in [0.2, 0.25) is 0 Å². The molecule has 20 heavy (non-hydrogen) atoms. The van der Waals surface area contributed by atoms with E-state index in [2.05, 4.69) is 0 Å². The van der Waals surface area contributed by atoms with Gasteiger partial charge in [-0.15, -0.1) is 0 Å². The van der Waals surface area contributed by atoms with Crippen molar-refractivity contribution in [1.29, 1.82) is 21.0 Å². The topological polar surface area (TPSA) is 112 Å². The fourth-order valence-corrected chi connectivity index (χ4v) is 0.994. The number of nitriles is 4. The van der Waals surface area contributed by atoms with E-state index in [0.717, 1.165) is 0 Å². The number of rotatable bonds is 3. The van der Waals surface area contributed by atoms with Gasteiger partial charge in [-0.25, -0.2) is 0 Å². The van der Waals surface area contributed by atoms with Crippen LogP contribution in [0.5, 0.6) is 0 Å². The van der Waals surface area contributed by atoms with Gasteiger partial charge in [0, 0.05) is 11.0 Å². The van der Waals surface area contributed by atoms with Crippen molar-refractivity contribution in [1.82, 2.24) is 0 Å². The van der Waals surface area contributed by atoms with Crippen LogP contribution in [0.25, 0.3) is 0 Å². The molecule has 0 fully saturated rings. The molecule has 0 aliphatic heterocycles. The van der Waals surface area contributed by atoms with Gasteiger partial charge in [-0.1, -0.05) is 39.3 Å². The second-order valence-electron chi connectivity index (χ2n) is 4.35. The van der Waals surface area contributed by atoms with Crippen LogP contribution in [0.4, 0.5) is 0 Å². The van der Waals surface area contributed by atoms with Gasteiger partial charge >= 0.3 is 0 Å². The van der Waals surface area contributed by atoms with Crippen LogP contribution in [0.3, 0.4) is 0 Å². The van der Waals surface area contributed by atoms with Crippen LogP contribution in [-0.4, -0.2) is 5.78 Å². The smallest absolute Gasteiger partial charge is 0.191 e. The van der Waals surface area contributed by atoms with E-state index in [0.29, 0.717) is 5.03 Å². The molecule has 6 heteroatoms. The first kappa shape index (κ1) is 20.0. The van der Waals surface area contributed by atoms with Crippen molar-refractivity contribution in [3.63, 3.8) is 0 Å². The Labute approximate surface area is 124 Å². The van der Waals surface area contributed by atoms with Crippen molar-refractivity contribution in [3.8, 4) is 24.3 Å². The maximum atomic E-state index is 10.9. The summed E-state index contributed by atoms with van der Waals surface area (Å²) in [5.74, 6) is -1.56. The molecule has 0 N–H and O–H groups in total. The van der Waals surface area contributed by atoms with Gasteiger partial charge in [0.15, 0.2) is 11.7 Å². The van der Waals surface area contributed by atoms with Crippen molar-refractivity contribution >= 4 is 17.4 Å². The highest BCUT2D eigenvalue weighted by Gasteiger charge is 2.19. The fourth-order valence-electron chi connectivity index (χ4n) is 0.910. The lowest BCUT2D eigenvalue weighted by Crippen LogP contribution is -2.16. The number of ketones is 1. The molecule has 0 amide bonds. The first-order valence-electron chi connectivity index (χ1n) is 5.79. The molecule has 0 atom stereocenters. The van der Waals surface area contributed by atoms with Crippen LogP contribution in [-0.2, 0) is 4.79 Å². The molecule has 0 bridgehead atoms. The third-order valence-corrected chi connectivity index (χ3v) is 2.71. The lowest BCUT2D eigenvalue weighted by Gasteiger charge is -2.00. The summed E-state index contributed by atoms with van der Waals surface area (Å²) in [4.78, 5) is 10.9. The quantitative estimate of drug-likeness (QED) is 0.741. The first-order chi connectivity index (χ1) is 9.26. The molecule has 104 valence electrons. The zero-order valence-electron chi connectivity index (χ0n) is 11.8. The third kappa shape index (κ3) is 7.17. The Morgan fingerprint density at radius 2 is 1.30 bits per heavy atom. The lowest BCUT2D eigenvalue weighted by molar-refractivity contribution is -0.122. The van der Waals surface area contributed by atoms with Crippen LogP contribution in [0.15, 0.2) is 10.6 Å². The minimum Gasteiger partial charge on any atom is -0.297 e. The number of hydrogen-bond donors (Lipinski definition) is 0. The van der Waals surface area contributed by atoms with E-state index >= 15 is 0 Å². The fraction of sp³-hybridized carbons (Fsp3) is 0.500. The van der Waals surface area contributed by atoms with Crippen molar-refractivity contribution in [2.75, 3.05) is 0 Å². The summed E-state index contributed by atoms with van der Waals surface area (Å²) in [7, 11) is 0. The Morgan fingerprint density at radius 1 is 0.900 bits per heavy atom. The summed E-state index contributed by atoms with van der Waals surface area (Å²) in [6, 6.07) is 6.68. The lowest BCUT2D eigenvalue weighted by atomic mass is 9.98. The van der Waals surface area contributed by atoms with E-state index in [4.69, 9.17) is 32.6 Å². The normalized spacial score (nSPS) is 8.60. The second kappa shape index (κ2) is 10.6. The molecule has 0 rings (SSSR count). The number of carbonyl (C=O) groups excluding carboxylic acids is 1. The van der Waals surface area contributed by atoms with Crippen LogP contribution in [0, 0.1) is 63.1 Å². The zero-order chi connectivity index (χ0) is 16.3. The predicted molar refractivity (Wildman–Crippen MR) is 73.5 cm³/mol. The van der Waals surface area contributed by atoms with Gasteiger partial charge in [-0.05, 0) is 5.92 Å². The van der Waals surface area contributed by atoms with Crippen LogP contribution >= 0.6 is 11.6 Å². The first-order valence-corrected chi connectivity index (χ1v) is 6.17. The van der Waals surface area contributed by atoms with E-state index < -0.39 is 5.92 Å². The molecular weight excluding hydrogens is 276 g/mol. The Morgan fingerprint density at radius 3 is 1.40 bits per heavy atom. The number of allylic oxidation sites excluding steroid dienone is 2. The molecule has 5 nitrogen and oxygen atoms in total. The zero-order valence-corrected chi connectivity index (χ0v) is 12.6. The number of nitrogens with zero attached hydrogens (tertiary/aromatic N) is 4. The largest absolute Gasteiger partial charge is 0.297 e. The van der Waals surface area contributed by atoms with Gasteiger partial charge in [0.1, 0.15) is 17.7 Å². The van der Waals surface area contributed by atoms with Crippen molar-refractivity contribution < 1.29 is 4.79 Å². The molecule has 0 saturated heterocycles. The van der Waals surface area contributed by atoms with Gasteiger partial charge < -0.3 is 0 Å². The van der Waals surface area contributed by atoms with Gasteiger partial charge in [0.25, 0.3) is 0 Å². The number of halogens is 1. The minimum atomic E-state index is -1.08. The van der Waals surface area contributed by atoms with Crippen molar-refractivity contribution in [3.05, 3.63) is 10.6 Å². The summed E-state index contributed by atoms with van der Waals surface area (Å²) in [6.45, 7) is 7.00. The Bertz CT molecular complexity index is 505. The molecule has 0 aromatic heterocycles. The molecule has 0 aromatic rings. The SMILES string of the molecule is CC(C)C(=O)C(C#N)C#N.CC(C)C(Cl)=C(C#N)C#N. The average Bonchev–Trinajstić information content (AvgIpc) is 2.41. The summed E-state index contributed by atoms with van der Waals surface area (Å²) in [5, 5.41) is 33.5. The summed E-state index contributed by atoms with van der Waals surface area (Å²) < 4.78 is 0. The van der Waals surface area contributed by atoms with Gasteiger partial charge in [-0.3, -0.25) is 4.79 Å². The van der Waals surface area contributed by atoms with Gasteiger partial charge in [0.05, 0.1) is 12.1 Å². The molecule has 0 aliphatic carbocycles. The van der Waals surface area contributed by atoms with E-state index in [-0.39, 0.29) is 23.2 Å². The van der Waals surface area contributed by atoms with Crippen molar-refractivity contribution in [2.45, 2.75) is 27.7 Å². The summed E-state index contributed by atoms with van der Waals surface area (Å²) in [6.07, 6.45) is 0. The molecule has 0 unspecified atom stereocenters. The highest BCUT2D eigenvalue weighted by molar-refractivity contribution is 6.30. The highest BCUT2D eigenvalue weighted by atomic mass is 35.5. The molecule has 0 aliphatic rings. The molecule has 0 saturated carbocycles. The number of carbonyl (C=O) groups is 1. The average molecular weight is 291 g/mol. The van der Waals surface area contributed by atoms with Crippen LogP contribution < -0.4 is 0 Å². The van der Waals surface area contributed by atoms with E-state index in [1.54, 1.807) is 38.1 Å². The Hall–Kier alpha value is -2.34. The maximum absolute atomic E-state index is 10.9. The van der Waals surface area contributed by atoms with E-state index in [9.17, 15) is 4.79 Å². The summed E-state index contributed by atoms with van der Waals surface area (Å²) in [5.41, 5.74) is 0.0108. The molecule has 0 radical (unpaired) electrons.